The second kappa shape index (κ2) is 12.3. The van der Waals surface area contributed by atoms with Crippen molar-refractivity contribution < 1.29 is 4.42 Å². The highest BCUT2D eigenvalue weighted by Gasteiger charge is 2.20. The maximum Gasteiger partial charge on any atom is 0.164 e. The Kier molecular flexibility index (Phi) is 7.19. The third kappa shape index (κ3) is 5.26. The molecule has 0 N–H and O–H groups in total. The van der Waals surface area contributed by atoms with E-state index in [1.807, 2.05) is 12.1 Å². The molecule has 0 saturated heterocycles. The zero-order chi connectivity index (χ0) is 33.7. The molecule has 4 nitrogen and oxygen atoms in total. The van der Waals surface area contributed by atoms with Crippen LogP contribution in [0, 0.1) is 0 Å². The predicted molar refractivity (Wildman–Crippen MR) is 209 cm³/mol. The summed E-state index contributed by atoms with van der Waals surface area (Å²) in [5.41, 5.74) is 11.0. The second-order valence-electron chi connectivity index (χ2n) is 13.8. The summed E-state index contributed by atoms with van der Waals surface area (Å²) in [6, 6.07) is 43.1. The Bertz CT molecular complexity index is 2700. The number of benzene rings is 6. The number of hydrogen-bond donors (Lipinski definition) is 0. The number of rotatable bonds is 5. The second-order valence-corrected chi connectivity index (χ2v) is 13.8. The molecule has 2 heterocycles. The number of para-hydroxylation sites is 1. The van der Waals surface area contributed by atoms with Crippen LogP contribution in [0.2, 0.25) is 0 Å². The van der Waals surface area contributed by atoms with Crippen LogP contribution in [0.4, 0.5) is 0 Å². The molecule has 8 aromatic rings. The van der Waals surface area contributed by atoms with E-state index in [1.165, 1.54) is 16.7 Å². The Morgan fingerprint density at radius 1 is 0.529 bits per heavy atom. The molecule has 244 valence electrons. The summed E-state index contributed by atoms with van der Waals surface area (Å²) >= 11 is 0. The highest BCUT2D eigenvalue weighted by molar-refractivity contribution is 6.16. The molecule has 0 saturated carbocycles. The van der Waals surface area contributed by atoms with Gasteiger partial charge in [-0.3, -0.25) is 0 Å². The van der Waals surface area contributed by atoms with Crippen molar-refractivity contribution in [1.29, 1.82) is 0 Å². The summed E-state index contributed by atoms with van der Waals surface area (Å²) < 4.78 is 6.28. The molecule has 1 unspecified atom stereocenters. The molecule has 0 spiro atoms. The first-order valence-electron chi connectivity index (χ1n) is 18.0. The minimum atomic E-state index is 0.511. The van der Waals surface area contributed by atoms with Gasteiger partial charge in [0.2, 0.25) is 0 Å². The van der Waals surface area contributed by atoms with Gasteiger partial charge in [-0.1, -0.05) is 121 Å². The van der Waals surface area contributed by atoms with E-state index >= 15 is 0 Å². The van der Waals surface area contributed by atoms with Crippen molar-refractivity contribution in [2.75, 3.05) is 0 Å². The normalized spacial score (nSPS) is 15.5. The highest BCUT2D eigenvalue weighted by atomic mass is 16.3. The Morgan fingerprint density at radius 3 is 2.14 bits per heavy atom. The van der Waals surface area contributed by atoms with Crippen LogP contribution in [0.3, 0.4) is 0 Å². The SMILES string of the molecule is C1=Cc2cc(-c3nc(-c4cccc(C5CC=CCC5)c4)nc(-c4cccc5c(-c6cccc7oc8ccccc8c67)cccc45)n3)ccc2CC1. The number of allylic oxidation sites excluding steroid dienone is 3. The molecule has 2 aliphatic rings. The van der Waals surface area contributed by atoms with Crippen LogP contribution in [0.15, 0.2) is 144 Å². The monoisotopic (exact) mass is 657 g/mol. The number of fused-ring (bicyclic) bond motifs is 5. The fourth-order valence-corrected chi connectivity index (χ4v) is 8.09. The first-order valence-corrected chi connectivity index (χ1v) is 18.0. The number of aryl methyl sites for hydroxylation is 1. The van der Waals surface area contributed by atoms with E-state index in [9.17, 15) is 0 Å². The third-order valence-corrected chi connectivity index (χ3v) is 10.7. The summed E-state index contributed by atoms with van der Waals surface area (Å²) in [6.07, 6.45) is 14.6. The Labute approximate surface area is 296 Å². The average molecular weight is 658 g/mol. The van der Waals surface area contributed by atoms with Gasteiger partial charge in [0.15, 0.2) is 17.5 Å². The molecule has 0 fully saturated rings. The number of aromatic nitrogens is 3. The van der Waals surface area contributed by atoms with Gasteiger partial charge < -0.3 is 4.42 Å². The lowest BCUT2D eigenvalue weighted by Gasteiger charge is -2.19. The fourth-order valence-electron chi connectivity index (χ4n) is 8.09. The van der Waals surface area contributed by atoms with Gasteiger partial charge in [0.25, 0.3) is 0 Å². The van der Waals surface area contributed by atoms with E-state index in [0.717, 1.165) is 92.6 Å². The number of furan rings is 1. The highest BCUT2D eigenvalue weighted by Crippen LogP contribution is 2.41. The predicted octanol–water partition coefficient (Wildman–Crippen LogP) is 12.4. The van der Waals surface area contributed by atoms with Gasteiger partial charge in [-0.25, -0.2) is 15.0 Å². The van der Waals surface area contributed by atoms with Crippen LogP contribution in [-0.4, -0.2) is 15.0 Å². The van der Waals surface area contributed by atoms with Gasteiger partial charge in [0.1, 0.15) is 11.2 Å². The van der Waals surface area contributed by atoms with Gasteiger partial charge in [0.05, 0.1) is 0 Å². The number of hydrogen-bond acceptors (Lipinski definition) is 4. The van der Waals surface area contributed by atoms with Gasteiger partial charge in [0, 0.05) is 27.5 Å². The topological polar surface area (TPSA) is 51.8 Å². The molecule has 0 amide bonds. The summed E-state index contributed by atoms with van der Waals surface area (Å²) in [6.45, 7) is 0. The van der Waals surface area contributed by atoms with E-state index < -0.39 is 0 Å². The lowest BCUT2D eigenvalue weighted by atomic mass is 9.87. The van der Waals surface area contributed by atoms with Crippen molar-refractivity contribution in [2.24, 2.45) is 0 Å². The van der Waals surface area contributed by atoms with Crippen molar-refractivity contribution in [3.05, 3.63) is 156 Å². The van der Waals surface area contributed by atoms with E-state index in [0.29, 0.717) is 23.4 Å². The van der Waals surface area contributed by atoms with Crippen LogP contribution in [0.25, 0.3) is 84.1 Å². The van der Waals surface area contributed by atoms with Gasteiger partial charge in [-0.15, -0.1) is 0 Å². The molecule has 51 heavy (non-hydrogen) atoms. The van der Waals surface area contributed by atoms with Crippen LogP contribution in [0.1, 0.15) is 48.3 Å². The zero-order valence-electron chi connectivity index (χ0n) is 28.2. The van der Waals surface area contributed by atoms with Crippen molar-refractivity contribution in [3.63, 3.8) is 0 Å². The van der Waals surface area contributed by atoms with Gasteiger partial charge in [-0.05, 0) is 101 Å². The van der Waals surface area contributed by atoms with Crippen LogP contribution in [0.5, 0.6) is 0 Å². The molecule has 10 rings (SSSR count). The minimum Gasteiger partial charge on any atom is -0.456 e. The van der Waals surface area contributed by atoms with Crippen molar-refractivity contribution in [3.8, 4) is 45.3 Å². The lowest BCUT2D eigenvalue weighted by molar-refractivity contribution is 0.617. The first kappa shape index (κ1) is 29.8. The smallest absolute Gasteiger partial charge is 0.164 e. The van der Waals surface area contributed by atoms with Crippen LogP contribution < -0.4 is 0 Å². The van der Waals surface area contributed by atoms with E-state index in [4.69, 9.17) is 19.4 Å². The largest absolute Gasteiger partial charge is 0.456 e. The minimum absolute atomic E-state index is 0.511. The molecule has 0 radical (unpaired) electrons. The van der Waals surface area contributed by atoms with E-state index in [1.54, 1.807) is 0 Å². The molecule has 2 aromatic heterocycles. The molecular formula is C47H35N3O. The Balaban J connectivity index is 1.17. The third-order valence-electron chi connectivity index (χ3n) is 10.7. The summed E-state index contributed by atoms with van der Waals surface area (Å²) in [5.74, 6) is 2.56. The maximum absolute atomic E-state index is 6.28. The van der Waals surface area contributed by atoms with Crippen molar-refractivity contribution in [1.82, 2.24) is 15.0 Å². The molecule has 6 aromatic carbocycles. The number of nitrogens with zero attached hydrogens (tertiary/aromatic N) is 3. The molecule has 4 heteroatoms. The van der Waals surface area contributed by atoms with Crippen LogP contribution in [-0.2, 0) is 6.42 Å². The summed E-state index contributed by atoms with van der Waals surface area (Å²) in [5, 5.41) is 4.49. The van der Waals surface area contributed by atoms with Gasteiger partial charge >= 0.3 is 0 Å². The van der Waals surface area contributed by atoms with E-state index in [2.05, 4.69) is 133 Å². The molecular weight excluding hydrogens is 623 g/mol. The van der Waals surface area contributed by atoms with Crippen molar-refractivity contribution in [2.45, 2.75) is 38.0 Å². The zero-order valence-corrected chi connectivity index (χ0v) is 28.2. The lowest BCUT2D eigenvalue weighted by Crippen LogP contribution is -2.03. The fraction of sp³-hybridized carbons (Fsp3) is 0.128. The van der Waals surface area contributed by atoms with E-state index in [-0.39, 0.29) is 0 Å². The van der Waals surface area contributed by atoms with Crippen molar-refractivity contribution >= 4 is 38.8 Å². The standard InChI is InChI=1S/C47H35N3O/c1-2-12-30(13-3-1)33-16-8-17-34(28-33)45-48-46(35-27-26-31-14-4-5-15-32(31)29-35)50-47(49-45)40-23-10-19-36-37(20-9-21-38(36)40)39-22-11-25-43-44(39)41-18-6-7-24-42(41)51-43/h1-2,5-11,15-30H,3-4,12-14H2. The molecule has 0 aliphatic heterocycles. The Morgan fingerprint density at radius 2 is 1.25 bits per heavy atom. The Hall–Kier alpha value is -6.13. The maximum atomic E-state index is 6.28. The van der Waals surface area contributed by atoms with Crippen LogP contribution >= 0.6 is 0 Å². The first-order chi connectivity index (χ1) is 25.3. The summed E-state index contributed by atoms with van der Waals surface area (Å²) in [4.78, 5) is 15.6. The quantitative estimate of drug-likeness (QED) is 0.173. The summed E-state index contributed by atoms with van der Waals surface area (Å²) in [7, 11) is 0. The molecule has 0 bridgehead atoms. The molecule has 2 aliphatic carbocycles. The molecule has 1 atom stereocenters. The van der Waals surface area contributed by atoms with Gasteiger partial charge in [-0.2, -0.15) is 0 Å². The average Bonchev–Trinajstić information content (AvgIpc) is 3.59.